The minimum atomic E-state index is -4.44. The van der Waals surface area contributed by atoms with Crippen molar-refractivity contribution in [3.05, 3.63) is 89.0 Å². The van der Waals surface area contributed by atoms with Gasteiger partial charge in [0, 0.05) is 30.0 Å². The Hall–Kier alpha value is -3.19. The van der Waals surface area contributed by atoms with Crippen molar-refractivity contribution in [2.75, 3.05) is 26.2 Å². The molecular weight excluding hydrogens is 479 g/mol. The summed E-state index contributed by atoms with van der Waals surface area (Å²) in [6.45, 7) is 7.51. The van der Waals surface area contributed by atoms with E-state index in [2.05, 4.69) is 4.90 Å². The number of fused-ring (bicyclic) bond motifs is 1. The van der Waals surface area contributed by atoms with Gasteiger partial charge in [0.1, 0.15) is 29.5 Å². The fourth-order valence-electron chi connectivity index (χ4n) is 5.74. The van der Waals surface area contributed by atoms with Crippen molar-refractivity contribution >= 4 is 0 Å². The molecule has 4 nitrogen and oxygen atoms in total. The molecule has 196 valence electrons. The predicted octanol–water partition coefficient (Wildman–Crippen LogP) is 6.97. The van der Waals surface area contributed by atoms with Gasteiger partial charge in [0.25, 0.3) is 0 Å². The van der Waals surface area contributed by atoms with Crippen molar-refractivity contribution in [2.45, 2.75) is 50.3 Å². The molecule has 0 amide bonds. The van der Waals surface area contributed by atoms with E-state index in [0.29, 0.717) is 17.9 Å². The molecule has 0 saturated carbocycles. The van der Waals surface area contributed by atoms with Crippen molar-refractivity contribution in [3.63, 3.8) is 0 Å². The first-order valence-corrected chi connectivity index (χ1v) is 12.8. The molecule has 7 heteroatoms. The zero-order valence-electron chi connectivity index (χ0n) is 21.1. The van der Waals surface area contributed by atoms with Gasteiger partial charge < -0.3 is 14.6 Å². The van der Waals surface area contributed by atoms with Crippen molar-refractivity contribution in [1.29, 1.82) is 0 Å². The molecule has 1 N–H and O–H groups in total. The third-order valence-corrected chi connectivity index (χ3v) is 7.47. The van der Waals surface area contributed by atoms with Gasteiger partial charge in [-0.3, -0.25) is 4.90 Å². The van der Waals surface area contributed by atoms with Crippen LogP contribution in [0.25, 0.3) is 0 Å². The van der Waals surface area contributed by atoms with Crippen LogP contribution in [0.15, 0.2) is 66.7 Å². The van der Waals surface area contributed by atoms with Crippen LogP contribution in [0.5, 0.6) is 17.2 Å². The maximum absolute atomic E-state index is 13.6. The largest absolute Gasteiger partial charge is 0.508 e. The summed E-state index contributed by atoms with van der Waals surface area (Å²) < 4.78 is 53.1. The summed E-state index contributed by atoms with van der Waals surface area (Å²) in [5, 5.41) is 10.1. The summed E-state index contributed by atoms with van der Waals surface area (Å²) in [5.41, 5.74) is 0.785. The number of hydrogen-bond acceptors (Lipinski definition) is 4. The third kappa shape index (κ3) is 5.42. The smallest absolute Gasteiger partial charge is 0.416 e. The Morgan fingerprint density at radius 2 is 1.70 bits per heavy atom. The highest BCUT2D eigenvalue weighted by molar-refractivity contribution is 5.52. The number of phenolic OH excluding ortho intramolecular Hbond substituents is 1. The lowest BCUT2D eigenvalue weighted by Gasteiger charge is -2.45. The van der Waals surface area contributed by atoms with Gasteiger partial charge >= 0.3 is 6.18 Å². The average Bonchev–Trinajstić information content (AvgIpc) is 3.36. The van der Waals surface area contributed by atoms with E-state index in [-0.39, 0.29) is 11.7 Å². The molecule has 0 spiro atoms. The van der Waals surface area contributed by atoms with Gasteiger partial charge in [0.2, 0.25) is 0 Å². The summed E-state index contributed by atoms with van der Waals surface area (Å²) in [6, 6.07) is 18.3. The maximum Gasteiger partial charge on any atom is 0.416 e. The number of ether oxygens (including phenoxy) is 2. The molecule has 3 aromatic carbocycles. The van der Waals surface area contributed by atoms with Crippen molar-refractivity contribution < 1.29 is 27.8 Å². The number of rotatable bonds is 6. The van der Waals surface area contributed by atoms with Crippen LogP contribution >= 0.6 is 0 Å². The highest BCUT2D eigenvalue weighted by Crippen LogP contribution is 2.54. The first-order valence-electron chi connectivity index (χ1n) is 12.8. The van der Waals surface area contributed by atoms with E-state index in [9.17, 15) is 18.3 Å². The van der Waals surface area contributed by atoms with Gasteiger partial charge in [0.05, 0.1) is 5.56 Å². The Kier molecular flexibility index (Phi) is 6.84. The first kappa shape index (κ1) is 25.5. The van der Waals surface area contributed by atoms with Crippen molar-refractivity contribution in [1.82, 2.24) is 4.90 Å². The number of phenols is 1. The van der Waals surface area contributed by atoms with Gasteiger partial charge in [-0.1, -0.05) is 36.4 Å². The first-order chi connectivity index (χ1) is 17.6. The second kappa shape index (κ2) is 9.93. The molecule has 0 aliphatic carbocycles. The zero-order valence-corrected chi connectivity index (χ0v) is 21.1. The second-order valence-electron chi connectivity index (χ2n) is 10.5. The molecule has 1 saturated heterocycles. The van der Waals surface area contributed by atoms with Crippen LogP contribution in [-0.4, -0.2) is 41.8 Å². The van der Waals surface area contributed by atoms with E-state index in [4.69, 9.17) is 9.47 Å². The molecule has 2 aliphatic rings. The Morgan fingerprint density at radius 1 is 0.973 bits per heavy atom. The number of aromatic hydroxyl groups is 1. The van der Waals surface area contributed by atoms with Gasteiger partial charge in [-0.15, -0.1) is 0 Å². The molecule has 0 bridgehead atoms. The molecule has 37 heavy (non-hydrogen) atoms. The van der Waals surface area contributed by atoms with Crippen LogP contribution in [0.2, 0.25) is 0 Å². The van der Waals surface area contributed by atoms with E-state index < -0.39 is 23.3 Å². The SMILES string of the molecule is CC1(C)Oc2cc(O)ccc2[C@H](c2ccc(OCCN3CCCC3)cc2)[C@H]1c1cccc(C(F)(F)F)c1. The molecule has 1 fully saturated rings. The minimum absolute atomic E-state index is 0.0765. The van der Waals surface area contributed by atoms with E-state index >= 15 is 0 Å². The molecule has 2 atom stereocenters. The number of nitrogens with zero attached hydrogens (tertiary/aromatic N) is 1. The Labute approximate surface area is 215 Å². The van der Waals surface area contributed by atoms with Crippen LogP contribution in [0.4, 0.5) is 13.2 Å². The Bertz CT molecular complexity index is 1230. The van der Waals surface area contributed by atoms with E-state index in [1.165, 1.54) is 25.0 Å². The molecule has 3 aromatic rings. The van der Waals surface area contributed by atoms with Crippen molar-refractivity contribution in [2.24, 2.45) is 0 Å². The summed E-state index contributed by atoms with van der Waals surface area (Å²) in [4.78, 5) is 2.39. The number of halogens is 3. The summed E-state index contributed by atoms with van der Waals surface area (Å²) >= 11 is 0. The Balaban J connectivity index is 1.50. The van der Waals surface area contributed by atoms with Crippen LogP contribution in [-0.2, 0) is 6.18 Å². The van der Waals surface area contributed by atoms with Crippen LogP contribution in [0.1, 0.15) is 60.8 Å². The lowest BCUT2D eigenvalue weighted by atomic mass is 9.68. The highest BCUT2D eigenvalue weighted by atomic mass is 19.4. The normalized spacial score (nSPS) is 21.3. The molecule has 2 heterocycles. The van der Waals surface area contributed by atoms with Crippen LogP contribution in [0, 0.1) is 0 Å². The number of hydrogen-bond donors (Lipinski definition) is 1. The molecule has 0 radical (unpaired) electrons. The standard InChI is InChI=1S/C30H32F3NO3/c1-29(2)28(21-6-5-7-22(18-21)30(31,32)33)27(25-13-10-23(35)19-26(25)37-29)20-8-11-24(12-9-20)36-17-16-34-14-3-4-15-34/h5-13,18-19,27-28,35H,3-4,14-17H2,1-2H3/t27-,28+/m0/s1. The molecule has 0 unspecified atom stereocenters. The van der Waals surface area contributed by atoms with Gasteiger partial charge in [-0.25, -0.2) is 0 Å². The molecular formula is C30H32F3NO3. The van der Waals surface area contributed by atoms with E-state index in [0.717, 1.165) is 42.6 Å². The van der Waals surface area contributed by atoms with Crippen LogP contribution < -0.4 is 9.47 Å². The van der Waals surface area contributed by atoms with Crippen molar-refractivity contribution in [3.8, 4) is 17.2 Å². The quantitative estimate of drug-likeness (QED) is 0.388. The van der Waals surface area contributed by atoms with Gasteiger partial charge in [0.15, 0.2) is 0 Å². The monoisotopic (exact) mass is 511 g/mol. The molecule has 2 aliphatic heterocycles. The minimum Gasteiger partial charge on any atom is -0.508 e. The predicted molar refractivity (Wildman–Crippen MR) is 136 cm³/mol. The topological polar surface area (TPSA) is 41.9 Å². The van der Waals surface area contributed by atoms with Gasteiger partial charge in [-0.05, 0) is 75.2 Å². The van der Waals surface area contributed by atoms with Gasteiger partial charge in [-0.2, -0.15) is 13.2 Å². The molecule has 0 aromatic heterocycles. The van der Waals surface area contributed by atoms with Crippen LogP contribution in [0.3, 0.4) is 0 Å². The van der Waals surface area contributed by atoms with E-state index in [1.54, 1.807) is 24.3 Å². The Morgan fingerprint density at radius 3 is 2.41 bits per heavy atom. The fraction of sp³-hybridized carbons (Fsp3) is 0.400. The number of likely N-dealkylation sites (tertiary alicyclic amines) is 1. The fourth-order valence-corrected chi connectivity index (χ4v) is 5.74. The summed E-state index contributed by atoms with van der Waals surface area (Å²) in [6.07, 6.45) is -1.96. The third-order valence-electron chi connectivity index (χ3n) is 7.47. The van der Waals surface area contributed by atoms with E-state index in [1.807, 2.05) is 38.1 Å². The summed E-state index contributed by atoms with van der Waals surface area (Å²) in [5.74, 6) is 0.669. The highest BCUT2D eigenvalue weighted by Gasteiger charge is 2.46. The average molecular weight is 512 g/mol. The number of alkyl halides is 3. The number of benzene rings is 3. The lowest BCUT2D eigenvalue weighted by Crippen LogP contribution is -2.43. The molecule has 5 rings (SSSR count). The maximum atomic E-state index is 13.6. The zero-order chi connectivity index (χ0) is 26.2. The lowest BCUT2D eigenvalue weighted by molar-refractivity contribution is -0.137. The second-order valence-corrected chi connectivity index (χ2v) is 10.5. The summed E-state index contributed by atoms with van der Waals surface area (Å²) in [7, 11) is 0.